The van der Waals surface area contributed by atoms with Crippen molar-refractivity contribution in [2.45, 2.75) is 38.6 Å². The van der Waals surface area contributed by atoms with E-state index >= 15 is 0 Å². The molecule has 1 saturated heterocycles. The SMILES string of the molecule is CCSCCCNC1CCN(CC2CC2)C1. The fourth-order valence-electron chi connectivity index (χ4n) is 2.46. The highest BCUT2D eigenvalue weighted by atomic mass is 32.2. The lowest BCUT2D eigenvalue weighted by atomic mass is 10.2. The summed E-state index contributed by atoms with van der Waals surface area (Å²) in [6, 6.07) is 0.783. The highest BCUT2D eigenvalue weighted by Crippen LogP contribution is 2.30. The number of hydrogen-bond acceptors (Lipinski definition) is 3. The Labute approximate surface area is 105 Å². The molecular formula is C13H26N2S. The molecule has 1 aliphatic heterocycles. The molecule has 1 aliphatic carbocycles. The topological polar surface area (TPSA) is 15.3 Å². The normalized spacial score (nSPS) is 26.4. The number of hydrogen-bond donors (Lipinski definition) is 1. The Morgan fingerprint density at radius 1 is 1.31 bits per heavy atom. The van der Waals surface area contributed by atoms with Crippen LogP contribution in [0.3, 0.4) is 0 Å². The minimum atomic E-state index is 0.783. The molecule has 0 bridgehead atoms. The van der Waals surface area contributed by atoms with Crippen LogP contribution in [-0.2, 0) is 0 Å². The van der Waals surface area contributed by atoms with Crippen molar-refractivity contribution in [2.75, 3.05) is 37.7 Å². The van der Waals surface area contributed by atoms with Crippen molar-refractivity contribution in [1.29, 1.82) is 0 Å². The molecule has 1 heterocycles. The second kappa shape index (κ2) is 6.87. The van der Waals surface area contributed by atoms with Gasteiger partial charge in [0.25, 0.3) is 0 Å². The molecule has 94 valence electrons. The third-order valence-electron chi connectivity index (χ3n) is 3.59. The van der Waals surface area contributed by atoms with Gasteiger partial charge in [-0.05, 0) is 56.2 Å². The van der Waals surface area contributed by atoms with E-state index in [2.05, 4.69) is 28.9 Å². The zero-order valence-electron chi connectivity index (χ0n) is 10.6. The summed E-state index contributed by atoms with van der Waals surface area (Å²) in [7, 11) is 0. The summed E-state index contributed by atoms with van der Waals surface area (Å²) in [6.45, 7) is 7.47. The molecule has 0 aromatic rings. The summed E-state index contributed by atoms with van der Waals surface area (Å²) in [5.74, 6) is 3.64. The van der Waals surface area contributed by atoms with Gasteiger partial charge in [0.15, 0.2) is 0 Å². The van der Waals surface area contributed by atoms with Crippen molar-refractivity contribution in [3.8, 4) is 0 Å². The second-order valence-corrected chi connectivity index (χ2v) is 6.59. The lowest BCUT2D eigenvalue weighted by Gasteiger charge is -2.16. The Kier molecular flexibility index (Phi) is 5.46. The van der Waals surface area contributed by atoms with Crippen LogP contribution < -0.4 is 5.32 Å². The van der Waals surface area contributed by atoms with Crippen molar-refractivity contribution in [1.82, 2.24) is 10.2 Å². The molecule has 2 rings (SSSR count). The average Bonchev–Trinajstić information content (AvgIpc) is 2.98. The van der Waals surface area contributed by atoms with Gasteiger partial charge in [-0.3, -0.25) is 0 Å². The molecular weight excluding hydrogens is 216 g/mol. The van der Waals surface area contributed by atoms with Crippen LogP contribution in [0.25, 0.3) is 0 Å². The van der Waals surface area contributed by atoms with Gasteiger partial charge in [-0.25, -0.2) is 0 Å². The second-order valence-electron chi connectivity index (χ2n) is 5.19. The number of nitrogens with one attached hydrogen (secondary N) is 1. The number of nitrogens with zero attached hydrogens (tertiary/aromatic N) is 1. The van der Waals surface area contributed by atoms with Crippen LogP contribution in [-0.4, -0.2) is 48.6 Å². The van der Waals surface area contributed by atoms with E-state index < -0.39 is 0 Å². The lowest BCUT2D eigenvalue weighted by Crippen LogP contribution is -2.33. The van der Waals surface area contributed by atoms with Gasteiger partial charge in [0.05, 0.1) is 0 Å². The van der Waals surface area contributed by atoms with E-state index in [1.54, 1.807) is 0 Å². The summed E-state index contributed by atoms with van der Waals surface area (Å²) in [6.07, 6.45) is 5.68. The van der Waals surface area contributed by atoms with Crippen LogP contribution in [0.2, 0.25) is 0 Å². The third kappa shape index (κ3) is 4.64. The molecule has 0 radical (unpaired) electrons. The first-order valence-corrected chi connectivity index (χ1v) is 8.07. The molecule has 0 amide bonds. The zero-order valence-corrected chi connectivity index (χ0v) is 11.4. The van der Waals surface area contributed by atoms with Crippen LogP contribution in [0.5, 0.6) is 0 Å². The van der Waals surface area contributed by atoms with E-state index in [0.29, 0.717) is 0 Å². The molecule has 1 saturated carbocycles. The van der Waals surface area contributed by atoms with Crippen LogP contribution in [0.4, 0.5) is 0 Å². The first-order valence-electron chi connectivity index (χ1n) is 6.92. The quantitative estimate of drug-likeness (QED) is 0.657. The summed E-state index contributed by atoms with van der Waals surface area (Å²) in [4.78, 5) is 2.66. The van der Waals surface area contributed by atoms with Gasteiger partial charge in [0.1, 0.15) is 0 Å². The van der Waals surface area contributed by atoms with Crippen molar-refractivity contribution in [3.63, 3.8) is 0 Å². The molecule has 1 atom stereocenters. The van der Waals surface area contributed by atoms with Crippen molar-refractivity contribution in [3.05, 3.63) is 0 Å². The molecule has 16 heavy (non-hydrogen) atoms. The van der Waals surface area contributed by atoms with E-state index in [4.69, 9.17) is 0 Å². The first kappa shape index (κ1) is 12.7. The van der Waals surface area contributed by atoms with Gasteiger partial charge in [-0.1, -0.05) is 6.92 Å². The smallest absolute Gasteiger partial charge is 0.0207 e. The number of likely N-dealkylation sites (tertiary alicyclic amines) is 1. The van der Waals surface area contributed by atoms with Gasteiger partial charge in [-0.2, -0.15) is 11.8 Å². The maximum atomic E-state index is 3.71. The molecule has 2 aliphatic rings. The fourth-order valence-corrected chi connectivity index (χ4v) is 3.09. The average molecular weight is 242 g/mol. The first-order chi connectivity index (χ1) is 7.88. The van der Waals surface area contributed by atoms with Crippen molar-refractivity contribution in [2.24, 2.45) is 5.92 Å². The maximum Gasteiger partial charge on any atom is 0.0207 e. The van der Waals surface area contributed by atoms with Crippen LogP contribution >= 0.6 is 11.8 Å². The molecule has 1 N–H and O–H groups in total. The summed E-state index contributed by atoms with van der Waals surface area (Å²) >= 11 is 2.06. The van der Waals surface area contributed by atoms with Gasteiger partial charge < -0.3 is 10.2 Å². The van der Waals surface area contributed by atoms with Gasteiger partial charge in [-0.15, -0.1) is 0 Å². The molecule has 3 heteroatoms. The molecule has 0 aromatic heterocycles. The summed E-state index contributed by atoms with van der Waals surface area (Å²) < 4.78 is 0. The number of thioether (sulfide) groups is 1. The van der Waals surface area contributed by atoms with Crippen molar-refractivity contribution >= 4 is 11.8 Å². The van der Waals surface area contributed by atoms with Gasteiger partial charge in [0.2, 0.25) is 0 Å². The minimum absolute atomic E-state index is 0.783. The Morgan fingerprint density at radius 3 is 2.94 bits per heavy atom. The summed E-state index contributed by atoms with van der Waals surface area (Å²) in [5, 5.41) is 3.71. The Hall–Kier alpha value is 0.270. The predicted octanol–water partition coefficient (Wildman–Crippen LogP) is 2.20. The van der Waals surface area contributed by atoms with Crippen molar-refractivity contribution < 1.29 is 0 Å². The molecule has 0 aromatic carbocycles. The van der Waals surface area contributed by atoms with Crippen LogP contribution in [0.1, 0.15) is 32.6 Å². The van der Waals surface area contributed by atoms with E-state index in [1.165, 1.54) is 63.4 Å². The third-order valence-corrected chi connectivity index (χ3v) is 4.57. The Balaban J connectivity index is 1.47. The highest BCUT2D eigenvalue weighted by molar-refractivity contribution is 7.99. The molecule has 1 unspecified atom stereocenters. The van der Waals surface area contributed by atoms with E-state index in [-0.39, 0.29) is 0 Å². The standard InChI is InChI=1S/C13H26N2S/c1-2-16-9-3-7-14-13-6-8-15(11-13)10-12-4-5-12/h12-14H,2-11H2,1H3. The monoisotopic (exact) mass is 242 g/mol. The van der Waals surface area contributed by atoms with E-state index in [1.807, 2.05) is 0 Å². The molecule has 0 spiro atoms. The van der Waals surface area contributed by atoms with Gasteiger partial charge >= 0.3 is 0 Å². The van der Waals surface area contributed by atoms with Crippen LogP contribution in [0.15, 0.2) is 0 Å². The van der Waals surface area contributed by atoms with Gasteiger partial charge in [0, 0.05) is 19.1 Å². The Bertz CT molecular complexity index is 194. The van der Waals surface area contributed by atoms with E-state index in [9.17, 15) is 0 Å². The lowest BCUT2D eigenvalue weighted by molar-refractivity contribution is 0.314. The Morgan fingerprint density at radius 2 is 2.19 bits per heavy atom. The van der Waals surface area contributed by atoms with E-state index in [0.717, 1.165) is 12.0 Å². The highest BCUT2D eigenvalue weighted by Gasteiger charge is 2.28. The molecule has 2 nitrogen and oxygen atoms in total. The maximum absolute atomic E-state index is 3.71. The number of rotatable bonds is 8. The summed E-state index contributed by atoms with van der Waals surface area (Å²) in [5.41, 5.74) is 0. The minimum Gasteiger partial charge on any atom is -0.313 e. The predicted molar refractivity (Wildman–Crippen MR) is 73.2 cm³/mol. The zero-order chi connectivity index (χ0) is 11.2. The fraction of sp³-hybridized carbons (Fsp3) is 1.00. The van der Waals surface area contributed by atoms with Crippen LogP contribution in [0, 0.1) is 5.92 Å². The molecule has 2 fully saturated rings. The largest absolute Gasteiger partial charge is 0.313 e.